The van der Waals surface area contributed by atoms with Gasteiger partial charge in [0.2, 0.25) is 0 Å². The van der Waals surface area contributed by atoms with E-state index in [-0.39, 0.29) is 6.04 Å². The molecule has 0 aliphatic heterocycles. The van der Waals surface area contributed by atoms with E-state index >= 15 is 0 Å². The summed E-state index contributed by atoms with van der Waals surface area (Å²) in [7, 11) is 2.03. The summed E-state index contributed by atoms with van der Waals surface area (Å²) in [5, 5.41) is 3.48. The van der Waals surface area contributed by atoms with Crippen molar-refractivity contribution in [1.82, 2.24) is 14.9 Å². The van der Waals surface area contributed by atoms with Crippen LogP contribution in [0, 0.1) is 6.92 Å². The Balaban J connectivity index is 2.34. The molecule has 0 radical (unpaired) electrons. The molecule has 0 saturated carbocycles. The lowest BCUT2D eigenvalue weighted by Crippen LogP contribution is -2.23. The molecule has 86 valence electrons. The summed E-state index contributed by atoms with van der Waals surface area (Å²) in [4.78, 5) is 7.09. The van der Waals surface area contributed by atoms with Gasteiger partial charge in [-0.2, -0.15) is 0 Å². The normalized spacial score (nSPS) is 12.9. The third-order valence-corrected chi connectivity index (χ3v) is 3.64. The number of aryl methyl sites for hydroxylation is 2. The van der Waals surface area contributed by atoms with Crippen LogP contribution in [0.5, 0.6) is 0 Å². The summed E-state index contributed by atoms with van der Waals surface area (Å²) < 4.78 is 2.07. The fraction of sp³-hybridized carbons (Fsp3) is 0.417. The second kappa shape index (κ2) is 4.80. The molecule has 2 heterocycles. The monoisotopic (exact) mass is 235 g/mol. The molecule has 0 aliphatic carbocycles. The molecule has 2 aromatic rings. The Labute approximate surface area is 100 Å². The Hall–Kier alpha value is -1.13. The summed E-state index contributed by atoms with van der Waals surface area (Å²) in [6.45, 7) is 5.19. The van der Waals surface area contributed by atoms with Crippen LogP contribution in [0.25, 0.3) is 0 Å². The average molecular weight is 235 g/mol. The van der Waals surface area contributed by atoms with Crippen LogP contribution in [-0.2, 0) is 7.05 Å². The standard InChI is InChI=1S/C12H17N3S/c1-4-13-11(10-6-5-9(2)16-10)12-14-7-8-15(12)3/h5-8,11,13H,4H2,1-3H3. The van der Waals surface area contributed by atoms with E-state index in [0.29, 0.717) is 0 Å². The molecular weight excluding hydrogens is 218 g/mol. The van der Waals surface area contributed by atoms with Crippen LogP contribution in [0.15, 0.2) is 24.5 Å². The summed E-state index contributed by atoms with van der Waals surface area (Å²) in [6, 6.07) is 4.55. The molecule has 1 atom stereocenters. The zero-order chi connectivity index (χ0) is 11.5. The highest BCUT2D eigenvalue weighted by Gasteiger charge is 2.18. The summed E-state index contributed by atoms with van der Waals surface area (Å²) in [6.07, 6.45) is 3.83. The van der Waals surface area contributed by atoms with E-state index in [4.69, 9.17) is 0 Å². The first-order valence-electron chi connectivity index (χ1n) is 5.49. The van der Waals surface area contributed by atoms with Crippen molar-refractivity contribution in [3.8, 4) is 0 Å². The number of rotatable bonds is 4. The maximum atomic E-state index is 4.43. The molecule has 0 amide bonds. The largest absolute Gasteiger partial charge is 0.336 e. The molecule has 1 N–H and O–H groups in total. The Bertz CT molecular complexity index is 458. The van der Waals surface area contributed by atoms with Crippen molar-refractivity contribution < 1.29 is 0 Å². The predicted octanol–water partition coefficient (Wildman–Crippen LogP) is 2.49. The number of thiophene rings is 1. The fourth-order valence-electron chi connectivity index (χ4n) is 1.79. The molecule has 2 rings (SSSR count). The van der Waals surface area contributed by atoms with Crippen LogP contribution in [0.2, 0.25) is 0 Å². The van der Waals surface area contributed by atoms with E-state index in [1.807, 2.05) is 30.8 Å². The molecule has 0 bridgehead atoms. The minimum absolute atomic E-state index is 0.212. The molecule has 2 aromatic heterocycles. The maximum Gasteiger partial charge on any atom is 0.131 e. The summed E-state index contributed by atoms with van der Waals surface area (Å²) in [5.74, 6) is 1.07. The lowest BCUT2D eigenvalue weighted by atomic mass is 10.2. The molecule has 0 fully saturated rings. The van der Waals surface area contributed by atoms with Crippen molar-refractivity contribution in [2.45, 2.75) is 19.9 Å². The topological polar surface area (TPSA) is 29.9 Å². The Morgan fingerprint density at radius 2 is 2.31 bits per heavy atom. The van der Waals surface area contributed by atoms with Crippen LogP contribution in [0.1, 0.15) is 28.5 Å². The lowest BCUT2D eigenvalue weighted by molar-refractivity contribution is 0.584. The molecule has 1 unspecified atom stereocenters. The molecule has 0 aromatic carbocycles. The Morgan fingerprint density at radius 1 is 1.50 bits per heavy atom. The maximum absolute atomic E-state index is 4.43. The highest BCUT2D eigenvalue weighted by molar-refractivity contribution is 7.12. The lowest BCUT2D eigenvalue weighted by Gasteiger charge is -2.16. The number of hydrogen-bond acceptors (Lipinski definition) is 3. The van der Waals surface area contributed by atoms with Gasteiger partial charge in [-0.1, -0.05) is 6.92 Å². The van der Waals surface area contributed by atoms with Crippen molar-refractivity contribution in [2.75, 3.05) is 6.54 Å². The quantitative estimate of drug-likeness (QED) is 0.882. The van der Waals surface area contributed by atoms with Crippen molar-refractivity contribution in [3.63, 3.8) is 0 Å². The van der Waals surface area contributed by atoms with Crippen molar-refractivity contribution >= 4 is 11.3 Å². The third-order valence-electron chi connectivity index (χ3n) is 2.57. The minimum atomic E-state index is 0.212. The van der Waals surface area contributed by atoms with Gasteiger partial charge < -0.3 is 9.88 Å². The van der Waals surface area contributed by atoms with Crippen LogP contribution >= 0.6 is 11.3 Å². The number of nitrogens with zero attached hydrogens (tertiary/aromatic N) is 2. The molecule has 0 saturated heterocycles. The Morgan fingerprint density at radius 3 is 2.81 bits per heavy atom. The van der Waals surface area contributed by atoms with E-state index in [2.05, 4.69) is 40.8 Å². The van der Waals surface area contributed by atoms with Crippen molar-refractivity contribution in [2.24, 2.45) is 7.05 Å². The van der Waals surface area contributed by atoms with E-state index in [1.165, 1.54) is 9.75 Å². The zero-order valence-corrected chi connectivity index (χ0v) is 10.7. The van der Waals surface area contributed by atoms with Gasteiger partial charge >= 0.3 is 0 Å². The highest BCUT2D eigenvalue weighted by atomic mass is 32.1. The van der Waals surface area contributed by atoms with Gasteiger partial charge in [-0.05, 0) is 25.6 Å². The second-order valence-corrected chi connectivity index (χ2v) is 5.15. The van der Waals surface area contributed by atoms with Gasteiger partial charge in [0.15, 0.2) is 0 Å². The first kappa shape index (κ1) is 11.4. The molecule has 16 heavy (non-hydrogen) atoms. The van der Waals surface area contributed by atoms with E-state index in [0.717, 1.165) is 12.4 Å². The van der Waals surface area contributed by atoms with Gasteiger partial charge in [0, 0.05) is 29.2 Å². The van der Waals surface area contributed by atoms with Crippen LogP contribution < -0.4 is 5.32 Å². The SMILES string of the molecule is CCNC(c1ccc(C)s1)c1nccn1C. The van der Waals surface area contributed by atoms with Crippen LogP contribution in [0.3, 0.4) is 0 Å². The number of aromatic nitrogens is 2. The molecular formula is C12H17N3S. The predicted molar refractivity (Wildman–Crippen MR) is 67.8 cm³/mol. The van der Waals surface area contributed by atoms with E-state index in [9.17, 15) is 0 Å². The van der Waals surface area contributed by atoms with Crippen molar-refractivity contribution in [3.05, 3.63) is 40.1 Å². The fourth-order valence-corrected chi connectivity index (χ4v) is 2.74. The first-order valence-corrected chi connectivity index (χ1v) is 6.31. The van der Waals surface area contributed by atoms with Gasteiger partial charge in [-0.15, -0.1) is 11.3 Å². The van der Waals surface area contributed by atoms with Crippen LogP contribution in [-0.4, -0.2) is 16.1 Å². The summed E-state index contributed by atoms with van der Waals surface area (Å²) >= 11 is 1.83. The van der Waals surface area contributed by atoms with Gasteiger partial charge in [-0.25, -0.2) is 4.98 Å². The Kier molecular flexibility index (Phi) is 3.41. The molecule has 3 nitrogen and oxygen atoms in total. The summed E-state index contributed by atoms with van der Waals surface area (Å²) in [5.41, 5.74) is 0. The van der Waals surface area contributed by atoms with Crippen LogP contribution in [0.4, 0.5) is 0 Å². The van der Waals surface area contributed by atoms with E-state index < -0.39 is 0 Å². The zero-order valence-electron chi connectivity index (χ0n) is 9.90. The molecule has 0 aliphatic rings. The van der Waals surface area contributed by atoms with E-state index in [1.54, 1.807) is 0 Å². The molecule has 4 heteroatoms. The second-order valence-electron chi connectivity index (χ2n) is 3.84. The number of imidazole rings is 1. The van der Waals surface area contributed by atoms with Gasteiger partial charge in [0.1, 0.15) is 11.9 Å². The third kappa shape index (κ3) is 2.18. The smallest absolute Gasteiger partial charge is 0.131 e. The number of hydrogen-bond donors (Lipinski definition) is 1. The highest BCUT2D eigenvalue weighted by Crippen LogP contribution is 2.26. The van der Waals surface area contributed by atoms with Gasteiger partial charge in [0.05, 0.1) is 0 Å². The first-order chi connectivity index (χ1) is 7.72. The van der Waals surface area contributed by atoms with Gasteiger partial charge in [-0.3, -0.25) is 0 Å². The molecule has 0 spiro atoms. The van der Waals surface area contributed by atoms with Gasteiger partial charge in [0.25, 0.3) is 0 Å². The minimum Gasteiger partial charge on any atom is -0.336 e. The van der Waals surface area contributed by atoms with Crippen molar-refractivity contribution in [1.29, 1.82) is 0 Å². The number of nitrogens with one attached hydrogen (secondary N) is 1. The average Bonchev–Trinajstić information content (AvgIpc) is 2.84.